The Hall–Kier alpha value is -3.52. The quantitative estimate of drug-likeness (QED) is 0.224. The van der Waals surface area contributed by atoms with Gasteiger partial charge in [-0.05, 0) is 86.6 Å². The first-order valence-corrected chi connectivity index (χ1v) is 13.6. The van der Waals surface area contributed by atoms with E-state index in [9.17, 15) is 9.59 Å². The van der Waals surface area contributed by atoms with Crippen LogP contribution in [-0.2, 0) is 6.54 Å². The van der Waals surface area contributed by atoms with Gasteiger partial charge in [-0.3, -0.25) is 9.59 Å². The summed E-state index contributed by atoms with van der Waals surface area (Å²) in [4.78, 5) is 30.7. The molecule has 0 aliphatic carbocycles. The molecule has 0 atom stereocenters. The minimum atomic E-state index is -0.475. The van der Waals surface area contributed by atoms with Crippen molar-refractivity contribution in [3.05, 3.63) is 99.1 Å². The number of hydrogen-bond acceptors (Lipinski definition) is 5. The molecule has 3 rings (SSSR count). The Morgan fingerprint density at radius 2 is 1.69 bits per heavy atom. The van der Waals surface area contributed by atoms with Gasteiger partial charge in [-0.25, -0.2) is 5.43 Å². The maximum Gasteiger partial charge on any atom is 0.273 e. The lowest BCUT2D eigenvalue weighted by molar-refractivity contribution is 0.0956. The SMILES string of the molecule is CCN(CC)CCN(C)Cc1cccc(C(=O)Nc2ccc(Cl)cc2C(=O)NN=Cc2ccc(C)c(C)c2)c1. The van der Waals surface area contributed by atoms with Gasteiger partial charge in [-0.2, -0.15) is 5.10 Å². The second-order valence-electron chi connectivity index (χ2n) is 9.65. The summed E-state index contributed by atoms with van der Waals surface area (Å²) in [7, 11) is 2.08. The van der Waals surface area contributed by atoms with Crippen molar-refractivity contribution >= 4 is 35.3 Å². The van der Waals surface area contributed by atoms with Crippen molar-refractivity contribution in [2.24, 2.45) is 5.10 Å². The number of carbonyl (C=O) groups is 2. The third kappa shape index (κ3) is 9.03. The summed E-state index contributed by atoms with van der Waals surface area (Å²) in [5, 5.41) is 7.33. The van der Waals surface area contributed by atoms with E-state index >= 15 is 0 Å². The highest BCUT2D eigenvalue weighted by Gasteiger charge is 2.16. The molecule has 206 valence electrons. The molecule has 0 heterocycles. The zero-order valence-corrected chi connectivity index (χ0v) is 24.2. The molecule has 2 N–H and O–H groups in total. The van der Waals surface area contributed by atoms with Crippen LogP contribution in [0.3, 0.4) is 0 Å². The molecule has 3 aromatic carbocycles. The number of nitrogens with zero attached hydrogens (tertiary/aromatic N) is 3. The third-order valence-electron chi connectivity index (χ3n) is 6.72. The van der Waals surface area contributed by atoms with E-state index in [2.05, 4.69) is 46.5 Å². The fourth-order valence-corrected chi connectivity index (χ4v) is 4.30. The Balaban J connectivity index is 1.67. The Morgan fingerprint density at radius 1 is 0.923 bits per heavy atom. The second-order valence-corrected chi connectivity index (χ2v) is 10.1. The van der Waals surface area contributed by atoms with E-state index in [1.165, 1.54) is 11.6 Å². The maximum atomic E-state index is 13.1. The van der Waals surface area contributed by atoms with E-state index in [1.54, 1.807) is 24.4 Å². The number of hydrazone groups is 1. The zero-order valence-electron chi connectivity index (χ0n) is 23.4. The lowest BCUT2D eigenvalue weighted by Crippen LogP contribution is -2.32. The molecule has 0 aromatic heterocycles. The Kier molecular flexibility index (Phi) is 11.2. The summed E-state index contributed by atoms with van der Waals surface area (Å²) in [5.41, 5.74) is 7.86. The zero-order chi connectivity index (χ0) is 28.4. The minimum Gasteiger partial charge on any atom is -0.321 e. The number of amides is 2. The molecule has 0 saturated carbocycles. The van der Waals surface area contributed by atoms with Gasteiger partial charge in [0.1, 0.15) is 0 Å². The topological polar surface area (TPSA) is 77.0 Å². The average Bonchev–Trinajstić information content (AvgIpc) is 2.92. The number of aryl methyl sites for hydroxylation is 2. The molecule has 7 nitrogen and oxygen atoms in total. The number of rotatable bonds is 12. The highest BCUT2D eigenvalue weighted by atomic mass is 35.5. The van der Waals surface area contributed by atoms with E-state index in [0.717, 1.165) is 49.4 Å². The normalized spacial score (nSPS) is 11.4. The van der Waals surface area contributed by atoms with Gasteiger partial charge in [-0.15, -0.1) is 0 Å². The summed E-state index contributed by atoms with van der Waals surface area (Å²) in [6, 6.07) is 18.2. The lowest BCUT2D eigenvalue weighted by atomic mass is 10.1. The fourth-order valence-electron chi connectivity index (χ4n) is 4.13. The largest absolute Gasteiger partial charge is 0.321 e. The smallest absolute Gasteiger partial charge is 0.273 e. The van der Waals surface area contributed by atoms with E-state index in [4.69, 9.17) is 11.6 Å². The van der Waals surface area contributed by atoms with E-state index in [0.29, 0.717) is 16.3 Å². The first-order chi connectivity index (χ1) is 18.7. The van der Waals surface area contributed by atoms with Crippen LogP contribution in [0, 0.1) is 13.8 Å². The molecular weight excluding hydrogens is 510 g/mol. The van der Waals surface area contributed by atoms with Crippen LogP contribution in [0.25, 0.3) is 0 Å². The Morgan fingerprint density at radius 3 is 2.41 bits per heavy atom. The van der Waals surface area contributed by atoms with Crippen LogP contribution >= 0.6 is 11.6 Å². The van der Waals surface area contributed by atoms with Crippen molar-refractivity contribution in [1.82, 2.24) is 15.2 Å². The van der Waals surface area contributed by atoms with Gasteiger partial charge in [0.05, 0.1) is 17.5 Å². The van der Waals surface area contributed by atoms with Gasteiger partial charge in [-0.1, -0.05) is 55.8 Å². The average molecular weight is 548 g/mol. The minimum absolute atomic E-state index is 0.223. The molecule has 39 heavy (non-hydrogen) atoms. The number of hydrogen-bond donors (Lipinski definition) is 2. The Labute approximate surface area is 236 Å². The van der Waals surface area contributed by atoms with Gasteiger partial charge < -0.3 is 15.1 Å². The van der Waals surface area contributed by atoms with Crippen molar-refractivity contribution in [2.45, 2.75) is 34.2 Å². The Bertz CT molecular complexity index is 1320. The van der Waals surface area contributed by atoms with E-state index < -0.39 is 5.91 Å². The van der Waals surface area contributed by atoms with Gasteiger partial charge in [0.2, 0.25) is 0 Å². The standard InChI is InChI=1S/C31H38ClN5O2/c1-6-37(7-2)16-15-36(5)21-25-9-8-10-26(18-25)30(38)34-29-14-13-27(32)19-28(29)31(39)35-33-20-24-12-11-22(3)23(4)17-24/h8-14,17-20H,6-7,15-16,21H2,1-5H3,(H,34,38)(H,35,39). The molecule has 3 aromatic rings. The molecular formula is C31H38ClN5O2. The van der Waals surface area contributed by atoms with E-state index in [1.807, 2.05) is 50.2 Å². The van der Waals surface area contributed by atoms with Gasteiger partial charge >= 0.3 is 0 Å². The van der Waals surface area contributed by atoms with Crippen LogP contribution < -0.4 is 10.7 Å². The summed E-state index contributed by atoms with van der Waals surface area (Å²) in [5.74, 6) is -0.783. The molecule has 0 bridgehead atoms. The third-order valence-corrected chi connectivity index (χ3v) is 6.95. The van der Waals surface area contributed by atoms with Crippen LogP contribution in [0.2, 0.25) is 5.02 Å². The van der Waals surface area contributed by atoms with Gasteiger partial charge in [0, 0.05) is 30.2 Å². The first kappa shape index (κ1) is 30.0. The first-order valence-electron chi connectivity index (χ1n) is 13.2. The molecule has 0 fully saturated rings. The summed E-state index contributed by atoms with van der Waals surface area (Å²) in [6.07, 6.45) is 1.58. The van der Waals surface area contributed by atoms with Crippen LogP contribution in [-0.4, -0.2) is 61.1 Å². The van der Waals surface area contributed by atoms with Crippen molar-refractivity contribution in [3.8, 4) is 0 Å². The molecule has 0 saturated heterocycles. The predicted molar refractivity (Wildman–Crippen MR) is 161 cm³/mol. The highest BCUT2D eigenvalue weighted by Crippen LogP contribution is 2.22. The summed E-state index contributed by atoms with van der Waals surface area (Å²) < 4.78 is 0. The monoisotopic (exact) mass is 547 g/mol. The number of nitrogens with one attached hydrogen (secondary N) is 2. The number of halogens is 1. The van der Waals surface area contributed by atoms with E-state index in [-0.39, 0.29) is 11.5 Å². The van der Waals surface area contributed by atoms with Crippen molar-refractivity contribution in [3.63, 3.8) is 0 Å². The highest BCUT2D eigenvalue weighted by molar-refractivity contribution is 6.31. The van der Waals surface area contributed by atoms with Crippen LogP contribution in [0.4, 0.5) is 5.69 Å². The summed E-state index contributed by atoms with van der Waals surface area (Å²) >= 11 is 6.17. The maximum absolute atomic E-state index is 13.1. The van der Waals surface area contributed by atoms with Crippen molar-refractivity contribution in [2.75, 3.05) is 38.5 Å². The number of anilines is 1. The number of carbonyl (C=O) groups excluding carboxylic acids is 2. The predicted octanol–water partition coefficient (Wildman–Crippen LogP) is 5.75. The van der Waals surface area contributed by atoms with Crippen LogP contribution in [0.1, 0.15) is 56.8 Å². The van der Waals surface area contributed by atoms with Gasteiger partial charge in [0.25, 0.3) is 11.8 Å². The summed E-state index contributed by atoms with van der Waals surface area (Å²) in [6.45, 7) is 13.1. The molecule has 2 amide bonds. The van der Waals surface area contributed by atoms with Crippen molar-refractivity contribution < 1.29 is 9.59 Å². The van der Waals surface area contributed by atoms with Gasteiger partial charge in [0.15, 0.2) is 0 Å². The van der Waals surface area contributed by atoms with Crippen molar-refractivity contribution in [1.29, 1.82) is 0 Å². The lowest BCUT2D eigenvalue weighted by Gasteiger charge is -2.23. The van der Waals surface area contributed by atoms with Crippen LogP contribution in [0.5, 0.6) is 0 Å². The molecule has 0 aliphatic heterocycles. The molecule has 0 spiro atoms. The fraction of sp³-hybridized carbons (Fsp3) is 0.323. The van der Waals surface area contributed by atoms with Crippen LogP contribution in [0.15, 0.2) is 65.8 Å². The number of likely N-dealkylation sites (N-methyl/N-ethyl adjacent to an activating group) is 2. The molecule has 8 heteroatoms. The second kappa shape index (κ2) is 14.6. The molecule has 0 unspecified atom stereocenters. The molecule has 0 radical (unpaired) electrons. The molecule has 0 aliphatic rings. The number of benzene rings is 3.